The predicted molar refractivity (Wildman–Crippen MR) is 108 cm³/mol. The third kappa shape index (κ3) is 3.80. The number of fused-ring (bicyclic) bond motifs is 1. The number of nitrogen functional groups attached to an aromatic ring is 1. The molecule has 0 bridgehead atoms. The molecule has 3 aromatic rings. The van der Waals surface area contributed by atoms with Crippen LogP contribution in [0.3, 0.4) is 0 Å². The first kappa shape index (κ1) is 17.5. The highest BCUT2D eigenvalue weighted by atomic mass is 15.2. The van der Waals surface area contributed by atoms with Gasteiger partial charge in [0.25, 0.3) is 0 Å². The Bertz CT molecular complexity index is 927. The second-order valence-corrected chi connectivity index (χ2v) is 7.23. The van der Waals surface area contributed by atoms with Crippen molar-refractivity contribution in [2.24, 2.45) is 12.8 Å². The molecule has 0 radical (unpaired) electrons. The lowest BCUT2D eigenvalue weighted by Crippen LogP contribution is -2.33. The van der Waals surface area contributed by atoms with Gasteiger partial charge in [-0.25, -0.2) is 4.98 Å². The van der Waals surface area contributed by atoms with Crippen LogP contribution in [-0.2, 0) is 13.6 Å². The van der Waals surface area contributed by atoms with Gasteiger partial charge in [-0.15, -0.1) is 0 Å². The minimum absolute atomic E-state index is 0.317. The number of rotatable bonds is 5. The number of nitrogens with two attached hydrogens (primary N) is 2. The summed E-state index contributed by atoms with van der Waals surface area (Å²) in [5.74, 6) is 1.33. The zero-order valence-electron chi connectivity index (χ0n) is 15.5. The van der Waals surface area contributed by atoms with Crippen LogP contribution in [0.2, 0.25) is 0 Å². The Kier molecular flexibility index (Phi) is 4.81. The molecule has 4 rings (SSSR count). The van der Waals surface area contributed by atoms with Crippen molar-refractivity contribution in [3.8, 4) is 0 Å². The first-order valence-electron chi connectivity index (χ1n) is 9.38. The standard InChI is InChI=1S/C19H26N8/c1-27-11-23-16-17(22-10-12-4-2-3-5-15(12)21)25-19(26-18(16)27)24-14-8-6-13(20)7-9-14/h2-5,11,13-14H,6-10,20-21H2,1H3,(H2,22,24,25,26). The molecule has 2 aromatic heterocycles. The molecular formula is C19H26N8. The van der Waals surface area contributed by atoms with Crippen molar-refractivity contribution in [3.05, 3.63) is 36.2 Å². The minimum Gasteiger partial charge on any atom is -0.398 e. The quantitative estimate of drug-likeness (QED) is 0.511. The molecule has 2 heterocycles. The predicted octanol–water partition coefficient (Wildman–Crippen LogP) is 2.24. The van der Waals surface area contributed by atoms with Gasteiger partial charge in [0.15, 0.2) is 17.0 Å². The van der Waals surface area contributed by atoms with Gasteiger partial charge >= 0.3 is 0 Å². The smallest absolute Gasteiger partial charge is 0.227 e. The summed E-state index contributed by atoms with van der Waals surface area (Å²) < 4.78 is 1.90. The van der Waals surface area contributed by atoms with E-state index in [1.54, 1.807) is 6.33 Å². The fourth-order valence-corrected chi connectivity index (χ4v) is 3.51. The van der Waals surface area contributed by atoms with E-state index in [1.807, 2.05) is 35.9 Å². The van der Waals surface area contributed by atoms with Crippen LogP contribution >= 0.6 is 0 Å². The van der Waals surface area contributed by atoms with E-state index >= 15 is 0 Å². The van der Waals surface area contributed by atoms with Crippen molar-refractivity contribution in [1.82, 2.24) is 19.5 Å². The number of hydrogen-bond acceptors (Lipinski definition) is 7. The molecule has 1 aliphatic carbocycles. The second kappa shape index (κ2) is 7.40. The van der Waals surface area contributed by atoms with Crippen LogP contribution in [-0.4, -0.2) is 31.6 Å². The number of nitrogens with one attached hydrogen (secondary N) is 2. The number of benzene rings is 1. The van der Waals surface area contributed by atoms with Crippen molar-refractivity contribution in [2.45, 2.75) is 44.3 Å². The molecule has 1 aromatic carbocycles. The van der Waals surface area contributed by atoms with Gasteiger partial charge in [-0.05, 0) is 37.3 Å². The molecule has 0 spiro atoms. The van der Waals surface area contributed by atoms with Gasteiger partial charge < -0.3 is 26.7 Å². The van der Waals surface area contributed by atoms with Crippen LogP contribution < -0.4 is 22.1 Å². The van der Waals surface area contributed by atoms with E-state index in [0.717, 1.165) is 48.1 Å². The van der Waals surface area contributed by atoms with Crippen LogP contribution in [0.1, 0.15) is 31.2 Å². The number of aromatic nitrogens is 4. The Morgan fingerprint density at radius 3 is 2.70 bits per heavy atom. The summed E-state index contributed by atoms with van der Waals surface area (Å²) in [4.78, 5) is 13.8. The summed E-state index contributed by atoms with van der Waals surface area (Å²) in [6.07, 6.45) is 5.90. The summed E-state index contributed by atoms with van der Waals surface area (Å²) in [6.45, 7) is 0.576. The maximum absolute atomic E-state index is 6.05. The van der Waals surface area contributed by atoms with Crippen molar-refractivity contribution in [3.63, 3.8) is 0 Å². The summed E-state index contributed by atoms with van der Waals surface area (Å²) in [5.41, 5.74) is 15.4. The fourth-order valence-electron chi connectivity index (χ4n) is 3.51. The Balaban J connectivity index is 1.58. The summed E-state index contributed by atoms with van der Waals surface area (Å²) in [5, 5.41) is 6.85. The van der Waals surface area contributed by atoms with Crippen LogP contribution in [0.5, 0.6) is 0 Å². The molecule has 0 aliphatic heterocycles. The molecule has 8 heteroatoms. The number of aryl methyl sites for hydroxylation is 1. The van der Waals surface area contributed by atoms with Crippen molar-refractivity contribution >= 4 is 28.6 Å². The van der Waals surface area contributed by atoms with E-state index in [9.17, 15) is 0 Å². The highest BCUT2D eigenvalue weighted by Gasteiger charge is 2.20. The van der Waals surface area contributed by atoms with E-state index < -0.39 is 0 Å². The van der Waals surface area contributed by atoms with Crippen molar-refractivity contribution < 1.29 is 0 Å². The number of para-hydroxylation sites is 1. The molecule has 142 valence electrons. The largest absolute Gasteiger partial charge is 0.398 e. The highest BCUT2D eigenvalue weighted by Crippen LogP contribution is 2.24. The number of anilines is 3. The lowest BCUT2D eigenvalue weighted by Gasteiger charge is -2.26. The van der Waals surface area contributed by atoms with E-state index in [4.69, 9.17) is 16.5 Å². The average molecular weight is 366 g/mol. The van der Waals surface area contributed by atoms with E-state index in [1.165, 1.54) is 0 Å². The van der Waals surface area contributed by atoms with Crippen LogP contribution in [0.25, 0.3) is 11.2 Å². The SMILES string of the molecule is Cn1cnc2c(NCc3ccccc3N)nc(NC3CCC(N)CC3)nc21. The fraction of sp³-hybridized carbons (Fsp3) is 0.421. The van der Waals surface area contributed by atoms with Crippen LogP contribution in [0, 0.1) is 0 Å². The van der Waals surface area contributed by atoms with Gasteiger partial charge in [-0.1, -0.05) is 18.2 Å². The highest BCUT2D eigenvalue weighted by molar-refractivity contribution is 5.84. The average Bonchev–Trinajstić information content (AvgIpc) is 3.04. The molecule has 1 fully saturated rings. The van der Waals surface area contributed by atoms with Crippen molar-refractivity contribution in [2.75, 3.05) is 16.4 Å². The molecule has 1 aliphatic rings. The Morgan fingerprint density at radius 1 is 1.15 bits per heavy atom. The maximum atomic E-state index is 6.05. The molecule has 1 saturated carbocycles. The maximum Gasteiger partial charge on any atom is 0.227 e. The first-order chi connectivity index (χ1) is 13.1. The molecular weight excluding hydrogens is 340 g/mol. The zero-order chi connectivity index (χ0) is 18.8. The molecule has 0 atom stereocenters. The lowest BCUT2D eigenvalue weighted by molar-refractivity contribution is 0.410. The summed E-state index contributed by atoms with van der Waals surface area (Å²) in [6, 6.07) is 8.48. The van der Waals surface area contributed by atoms with Gasteiger partial charge in [0.05, 0.1) is 6.33 Å². The Morgan fingerprint density at radius 2 is 1.93 bits per heavy atom. The summed E-state index contributed by atoms with van der Waals surface area (Å²) >= 11 is 0. The molecule has 0 unspecified atom stereocenters. The van der Waals surface area contributed by atoms with Gasteiger partial charge in [-0.3, -0.25) is 0 Å². The van der Waals surface area contributed by atoms with E-state index in [2.05, 4.69) is 20.6 Å². The Hall–Kier alpha value is -2.87. The van der Waals surface area contributed by atoms with Crippen LogP contribution in [0.15, 0.2) is 30.6 Å². The van der Waals surface area contributed by atoms with Gasteiger partial charge in [0.2, 0.25) is 5.95 Å². The topological polar surface area (TPSA) is 120 Å². The second-order valence-electron chi connectivity index (χ2n) is 7.23. The minimum atomic E-state index is 0.317. The Labute approximate surface area is 158 Å². The number of imidazole rings is 1. The van der Waals surface area contributed by atoms with Crippen LogP contribution in [0.4, 0.5) is 17.5 Å². The molecule has 27 heavy (non-hydrogen) atoms. The monoisotopic (exact) mass is 366 g/mol. The van der Waals surface area contributed by atoms with Crippen molar-refractivity contribution in [1.29, 1.82) is 0 Å². The number of hydrogen-bond donors (Lipinski definition) is 4. The molecule has 8 nitrogen and oxygen atoms in total. The summed E-state index contributed by atoms with van der Waals surface area (Å²) in [7, 11) is 1.94. The molecule has 6 N–H and O–H groups in total. The molecule has 0 amide bonds. The van der Waals surface area contributed by atoms with Gasteiger partial charge in [-0.2, -0.15) is 9.97 Å². The zero-order valence-corrected chi connectivity index (χ0v) is 15.5. The third-order valence-electron chi connectivity index (χ3n) is 5.17. The normalized spacial score (nSPS) is 19.9. The van der Waals surface area contributed by atoms with Gasteiger partial charge in [0.1, 0.15) is 0 Å². The van der Waals surface area contributed by atoms with E-state index in [-0.39, 0.29) is 0 Å². The molecule has 0 saturated heterocycles. The third-order valence-corrected chi connectivity index (χ3v) is 5.17. The first-order valence-corrected chi connectivity index (χ1v) is 9.38. The lowest BCUT2D eigenvalue weighted by atomic mass is 9.92. The number of nitrogens with zero attached hydrogens (tertiary/aromatic N) is 4. The van der Waals surface area contributed by atoms with Gasteiger partial charge in [0, 0.05) is 31.4 Å². The van der Waals surface area contributed by atoms with E-state index in [0.29, 0.717) is 30.4 Å².